The summed E-state index contributed by atoms with van der Waals surface area (Å²) in [5.74, 6) is 1.01. The maximum absolute atomic E-state index is 13.4. The standard InChI is InChI=1S/C23H20N2O4S2/c26-31(27,17-9-10-19-20(14-17)29-13-5-12-28-19)25-23(16-6-2-1-3-7-16)22-15-18-21(30-22)8-4-11-24-18/h1-4,6-11,14-15,23,25H,5,12-13H2. The number of thiophene rings is 1. The van der Waals surface area contributed by atoms with Crippen molar-refractivity contribution in [2.24, 2.45) is 0 Å². The third-order valence-corrected chi connectivity index (χ3v) is 7.60. The summed E-state index contributed by atoms with van der Waals surface area (Å²) in [5, 5.41) is 0. The molecule has 31 heavy (non-hydrogen) atoms. The van der Waals surface area contributed by atoms with E-state index < -0.39 is 16.1 Å². The van der Waals surface area contributed by atoms with Gasteiger partial charge in [-0.1, -0.05) is 30.3 Å². The monoisotopic (exact) mass is 452 g/mol. The van der Waals surface area contributed by atoms with Gasteiger partial charge >= 0.3 is 0 Å². The lowest BCUT2D eigenvalue weighted by atomic mass is 10.1. The topological polar surface area (TPSA) is 77.5 Å². The predicted molar refractivity (Wildman–Crippen MR) is 120 cm³/mol. The van der Waals surface area contributed by atoms with Gasteiger partial charge in [0.05, 0.1) is 34.4 Å². The fourth-order valence-corrected chi connectivity index (χ4v) is 5.89. The molecule has 2 aromatic heterocycles. The van der Waals surface area contributed by atoms with Gasteiger partial charge in [-0.15, -0.1) is 11.3 Å². The molecule has 4 aromatic rings. The second-order valence-corrected chi connectivity index (χ2v) is 9.99. The molecule has 8 heteroatoms. The van der Waals surface area contributed by atoms with Crippen LogP contribution in [0.1, 0.15) is 22.9 Å². The Morgan fingerprint density at radius 2 is 1.74 bits per heavy atom. The van der Waals surface area contributed by atoms with Gasteiger partial charge in [0.25, 0.3) is 0 Å². The first-order chi connectivity index (χ1) is 15.1. The number of nitrogens with one attached hydrogen (secondary N) is 1. The van der Waals surface area contributed by atoms with Gasteiger partial charge in [0.15, 0.2) is 11.5 Å². The molecule has 0 amide bonds. The number of aromatic nitrogens is 1. The fourth-order valence-electron chi connectivity index (χ4n) is 3.50. The Hall–Kier alpha value is -2.94. The van der Waals surface area contributed by atoms with Crippen LogP contribution in [0.2, 0.25) is 0 Å². The van der Waals surface area contributed by atoms with Crippen molar-refractivity contribution < 1.29 is 17.9 Å². The van der Waals surface area contributed by atoms with Gasteiger partial charge in [0, 0.05) is 23.6 Å². The Morgan fingerprint density at radius 3 is 2.55 bits per heavy atom. The quantitative estimate of drug-likeness (QED) is 0.482. The lowest BCUT2D eigenvalue weighted by molar-refractivity contribution is 0.297. The molecule has 158 valence electrons. The Balaban J connectivity index is 1.54. The molecule has 1 aliphatic rings. The van der Waals surface area contributed by atoms with Crippen molar-refractivity contribution in [2.45, 2.75) is 17.4 Å². The minimum atomic E-state index is -3.84. The number of ether oxygens (including phenoxy) is 2. The lowest BCUT2D eigenvalue weighted by Crippen LogP contribution is -2.29. The van der Waals surface area contributed by atoms with Crippen molar-refractivity contribution in [2.75, 3.05) is 13.2 Å². The number of nitrogens with zero attached hydrogens (tertiary/aromatic N) is 1. The van der Waals surface area contributed by atoms with Crippen molar-refractivity contribution in [3.8, 4) is 11.5 Å². The van der Waals surface area contributed by atoms with Crippen molar-refractivity contribution in [3.63, 3.8) is 0 Å². The summed E-state index contributed by atoms with van der Waals surface area (Å²) >= 11 is 1.53. The van der Waals surface area contributed by atoms with Crippen molar-refractivity contribution in [3.05, 3.63) is 83.4 Å². The van der Waals surface area contributed by atoms with E-state index in [1.165, 1.54) is 17.4 Å². The number of fused-ring (bicyclic) bond motifs is 2. The summed E-state index contributed by atoms with van der Waals surface area (Å²) in [6.07, 6.45) is 2.49. The third kappa shape index (κ3) is 4.14. The zero-order valence-corrected chi connectivity index (χ0v) is 18.2. The molecule has 6 nitrogen and oxygen atoms in total. The Kier molecular flexibility index (Phi) is 5.35. The number of pyridine rings is 1. The number of benzene rings is 2. The third-order valence-electron chi connectivity index (χ3n) is 5.03. The number of hydrogen-bond acceptors (Lipinski definition) is 6. The molecule has 1 aliphatic heterocycles. The van der Waals surface area contributed by atoms with E-state index in [1.54, 1.807) is 18.3 Å². The average molecular weight is 453 g/mol. The highest BCUT2D eigenvalue weighted by Crippen LogP contribution is 2.35. The summed E-state index contributed by atoms with van der Waals surface area (Å²) in [6.45, 7) is 1.04. The normalized spacial score (nSPS) is 14.8. The van der Waals surface area contributed by atoms with E-state index in [2.05, 4.69) is 9.71 Å². The van der Waals surface area contributed by atoms with Crippen LogP contribution in [-0.2, 0) is 10.0 Å². The minimum Gasteiger partial charge on any atom is -0.490 e. The number of sulfonamides is 1. The van der Waals surface area contributed by atoms with E-state index in [0.717, 1.165) is 27.1 Å². The number of hydrogen-bond donors (Lipinski definition) is 1. The first kappa shape index (κ1) is 20.0. The highest BCUT2D eigenvalue weighted by atomic mass is 32.2. The molecule has 1 atom stereocenters. The van der Waals surface area contributed by atoms with Gasteiger partial charge < -0.3 is 9.47 Å². The molecular formula is C23H20N2O4S2. The van der Waals surface area contributed by atoms with E-state index in [0.29, 0.717) is 24.7 Å². The van der Waals surface area contributed by atoms with Crippen molar-refractivity contribution >= 4 is 31.6 Å². The van der Waals surface area contributed by atoms with Crippen LogP contribution in [0, 0.1) is 0 Å². The molecule has 0 radical (unpaired) electrons. The first-order valence-corrected chi connectivity index (χ1v) is 12.2. The highest BCUT2D eigenvalue weighted by molar-refractivity contribution is 7.89. The lowest BCUT2D eigenvalue weighted by Gasteiger charge is -2.19. The van der Waals surface area contributed by atoms with E-state index in [9.17, 15) is 8.42 Å². The molecule has 3 heterocycles. The largest absolute Gasteiger partial charge is 0.490 e. The average Bonchev–Trinajstić information content (AvgIpc) is 3.08. The zero-order chi connectivity index (χ0) is 21.3. The van der Waals surface area contributed by atoms with Crippen molar-refractivity contribution in [1.82, 2.24) is 9.71 Å². The van der Waals surface area contributed by atoms with Gasteiger partial charge in [0.2, 0.25) is 10.0 Å². The van der Waals surface area contributed by atoms with Crippen LogP contribution in [0.5, 0.6) is 11.5 Å². The summed E-state index contributed by atoms with van der Waals surface area (Å²) in [4.78, 5) is 5.40. The van der Waals surface area contributed by atoms with E-state index in [4.69, 9.17) is 9.47 Å². The van der Waals surface area contributed by atoms with Crippen LogP contribution in [0.4, 0.5) is 0 Å². The second-order valence-electron chi connectivity index (χ2n) is 7.16. The maximum atomic E-state index is 13.4. The molecule has 0 aliphatic carbocycles. The summed E-state index contributed by atoms with van der Waals surface area (Å²) < 4.78 is 41.9. The SMILES string of the molecule is O=S(=O)(NC(c1ccccc1)c1cc2ncccc2s1)c1ccc2c(c1)OCCCO2. The molecule has 1 N–H and O–H groups in total. The highest BCUT2D eigenvalue weighted by Gasteiger charge is 2.26. The number of rotatable bonds is 5. The van der Waals surface area contributed by atoms with Gasteiger partial charge in [-0.25, -0.2) is 8.42 Å². The second kappa shape index (κ2) is 8.30. The zero-order valence-electron chi connectivity index (χ0n) is 16.5. The molecule has 0 spiro atoms. The molecule has 0 fully saturated rings. The van der Waals surface area contributed by atoms with Crippen LogP contribution in [-0.4, -0.2) is 26.6 Å². The van der Waals surface area contributed by atoms with Crippen molar-refractivity contribution in [1.29, 1.82) is 0 Å². The summed E-state index contributed by atoms with van der Waals surface area (Å²) in [7, 11) is -3.84. The molecule has 5 rings (SSSR count). The van der Waals surface area contributed by atoms with Gasteiger partial charge in [-0.2, -0.15) is 4.72 Å². The maximum Gasteiger partial charge on any atom is 0.241 e. The Labute approximate surface area is 184 Å². The molecule has 1 unspecified atom stereocenters. The van der Waals surface area contributed by atoms with Crippen LogP contribution in [0.25, 0.3) is 10.2 Å². The molecule has 2 aromatic carbocycles. The van der Waals surface area contributed by atoms with Crippen LogP contribution in [0.15, 0.2) is 77.8 Å². The molecule has 0 saturated carbocycles. The fraction of sp³-hybridized carbons (Fsp3) is 0.174. The Morgan fingerprint density at radius 1 is 0.935 bits per heavy atom. The molecular weight excluding hydrogens is 432 g/mol. The molecule has 0 bridgehead atoms. The van der Waals surface area contributed by atoms with E-state index >= 15 is 0 Å². The van der Waals surface area contributed by atoms with Crippen LogP contribution < -0.4 is 14.2 Å². The van der Waals surface area contributed by atoms with Crippen LogP contribution >= 0.6 is 11.3 Å². The van der Waals surface area contributed by atoms with E-state index in [-0.39, 0.29) is 4.90 Å². The summed E-state index contributed by atoms with van der Waals surface area (Å²) in [6, 6.07) is 19.5. The Bertz CT molecular complexity index is 1290. The van der Waals surface area contributed by atoms with E-state index in [1.807, 2.05) is 48.5 Å². The first-order valence-electron chi connectivity index (χ1n) is 9.91. The van der Waals surface area contributed by atoms with Gasteiger partial charge in [-0.3, -0.25) is 4.98 Å². The minimum absolute atomic E-state index is 0.136. The molecule has 0 saturated heterocycles. The van der Waals surface area contributed by atoms with Gasteiger partial charge in [0.1, 0.15) is 0 Å². The smallest absolute Gasteiger partial charge is 0.241 e. The van der Waals surface area contributed by atoms with Gasteiger partial charge in [-0.05, 0) is 35.9 Å². The predicted octanol–water partition coefficient (Wildman–Crippen LogP) is 4.53. The summed E-state index contributed by atoms with van der Waals surface area (Å²) in [5.41, 5.74) is 1.70. The van der Waals surface area contributed by atoms with Crippen LogP contribution in [0.3, 0.4) is 0 Å².